The smallest absolute Gasteiger partial charge is 0.272 e. The zero-order chi connectivity index (χ0) is 18.3. The summed E-state index contributed by atoms with van der Waals surface area (Å²) in [5.74, 6) is -0.0925. The van der Waals surface area contributed by atoms with E-state index in [9.17, 15) is 9.59 Å². The molecule has 2 aromatic heterocycles. The Morgan fingerprint density at radius 2 is 1.88 bits per heavy atom. The normalized spacial score (nSPS) is 14.8. The maximum Gasteiger partial charge on any atom is 0.272 e. The molecule has 0 bridgehead atoms. The number of nitrogens with one attached hydrogen (secondary N) is 1. The number of piperazine rings is 1. The molecule has 0 atom stereocenters. The van der Waals surface area contributed by atoms with E-state index in [4.69, 9.17) is 0 Å². The number of aromatic nitrogens is 3. The first-order valence-corrected chi connectivity index (χ1v) is 8.71. The van der Waals surface area contributed by atoms with Crippen molar-refractivity contribution in [1.29, 1.82) is 0 Å². The largest absolute Gasteiger partial charge is 0.368 e. The van der Waals surface area contributed by atoms with Gasteiger partial charge in [0.05, 0.1) is 0 Å². The van der Waals surface area contributed by atoms with Crippen LogP contribution in [0, 0.1) is 13.8 Å². The number of fused-ring (bicyclic) bond motifs is 1. The van der Waals surface area contributed by atoms with Gasteiger partial charge in [0.1, 0.15) is 5.56 Å². The number of carbonyl (C=O) groups excluding carboxylic acids is 1. The Hall–Kier alpha value is -3.09. The summed E-state index contributed by atoms with van der Waals surface area (Å²) < 4.78 is 1.31. The minimum Gasteiger partial charge on any atom is -0.368 e. The standard InChI is InChI=1S/C19H21N5O2/c1-13-4-3-5-15(10-13)22-6-8-23(9-7-22)19(26)16-12-20-24-17(25)11-14(2)21-18(16)24/h3-5,10-12,20H,6-9H2,1-2H3. The van der Waals surface area contributed by atoms with Crippen molar-refractivity contribution in [3.8, 4) is 0 Å². The van der Waals surface area contributed by atoms with Crippen LogP contribution >= 0.6 is 0 Å². The fourth-order valence-electron chi connectivity index (χ4n) is 3.42. The lowest BCUT2D eigenvalue weighted by Crippen LogP contribution is -2.48. The second kappa shape index (κ2) is 6.33. The number of carbonyl (C=O) groups is 1. The van der Waals surface area contributed by atoms with E-state index in [1.807, 2.05) is 4.90 Å². The Balaban J connectivity index is 1.53. The number of hydrogen-bond donors (Lipinski definition) is 1. The van der Waals surface area contributed by atoms with E-state index in [1.54, 1.807) is 13.1 Å². The number of aryl methyl sites for hydroxylation is 2. The number of amides is 1. The molecule has 0 radical (unpaired) electrons. The maximum atomic E-state index is 12.9. The second-order valence-electron chi connectivity index (χ2n) is 6.70. The van der Waals surface area contributed by atoms with Gasteiger partial charge in [-0.3, -0.25) is 14.7 Å². The first-order valence-electron chi connectivity index (χ1n) is 8.71. The molecule has 1 saturated heterocycles. The van der Waals surface area contributed by atoms with Crippen LogP contribution in [0.15, 0.2) is 41.3 Å². The van der Waals surface area contributed by atoms with Gasteiger partial charge in [0.2, 0.25) is 0 Å². The molecule has 1 aromatic carbocycles. The maximum absolute atomic E-state index is 12.9. The molecular weight excluding hydrogens is 330 g/mol. The summed E-state index contributed by atoms with van der Waals surface area (Å²) in [5.41, 5.74) is 3.64. The first-order chi connectivity index (χ1) is 12.5. The summed E-state index contributed by atoms with van der Waals surface area (Å²) >= 11 is 0. The van der Waals surface area contributed by atoms with Gasteiger partial charge in [0, 0.05) is 49.8 Å². The fraction of sp³-hybridized carbons (Fsp3) is 0.316. The zero-order valence-corrected chi connectivity index (χ0v) is 14.9. The number of nitrogens with zero attached hydrogens (tertiary/aromatic N) is 4. The SMILES string of the molecule is Cc1cccc(N2CCN(C(=O)c3c[nH]n4c(=O)cc(C)nc34)CC2)c1. The van der Waals surface area contributed by atoms with Crippen LogP contribution in [0.3, 0.4) is 0 Å². The number of H-pyrrole nitrogens is 1. The Morgan fingerprint density at radius 3 is 2.62 bits per heavy atom. The third-order valence-electron chi connectivity index (χ3n) is 4.79. The topological polar surface area (TPSA) is 73.7 Å². The molecule has 0 spiro atoms. The average molecular weight is 351 g/mol. The Labute approximate surface area is 150 Å². The molecule has 3 aromatic rings. The lowest BCUT2D eigenvalue weighted by Gasteiger charge is -2.36. The van der Waals surface area contributed by atoms with Crippen molar-refractivity contribution in [2.75, 3.05) is 31.1 Å². The molecule has 26 heavy (non-hydrogen) atoms. The summed E-state index contributed by atoms with van der Waals surface area (Å²) in [6.07, 6.45) is 1.57. The lowest BCUT2D eigenvalue weighted by atomic mass is 10.2. The predicted octanol–water partition coefficient (Wildman–Crippen LogP) is 1.60. The predicted molar refractivity (Wildman–Crippen MR) is 99.8 cm³/mol. The van der Waals surface area contributed by atoms with Gasteiger partial charge in [0.25, 0.3) is 11.5 Å². The van der Waals surface area contributed by atoms with E-state index < -0.39 is 0 Å². The van der Waals surface area contributed by atoms with Gasteiger partial charge >= 0.3 is 0 Å². The highest BCUT2D eigenvalue weighted by Gasteiger charge is 2.25. The molecule has 0 saturated carbocycles. The van der Waals surface area contributed by atoms with Crippen LogP contribution in [0.2, 0.25) is 0 Å². The van der Waals surface area contributed by atoms with E-state index in [1.165, 1.54) is 21.8 Å². The van der Waals surface area contributed by atoms with Crippen LogP contribution in [0.4, 0.5) is 5.69 Å². The van der Waals surface area contributed by atoms with Crippen LogP contribution in [0.25, 0.3) is 5.65 Å². The summed E-state index contributed by atoms with van der Waals surface area (Å²) in [7, 11) is 0. The van der Waals surface area contributed by atoms with Crippen molar-refractivity contribution >= 4 is 17.2 Å². The summed E-state index contributed by atoms with van der Waals surface area (Å²) in [5, 5.41) is 2.83. The molecule has 7 nitrogen and oxygen atoms in total. The van der Waals surface area contributed by atoms with Crippen molar-refractivity contribution in [1.82, 2.24) is 19.5 Å². The Bertz CT molecular complexity index is 1030. The number of aromatic amines is 1. The molecule has 3 heterocycles. The zero-order valence-electron chi connectivity index (χ0n) is 14.9. The highest BCUT2D eigenvalue weighted by molar-refractivity contribution is 5.99. The molecule has 1 fully saturated rings. The average Bonchev–Trinajstić information content (AvgIpc) is 3.05. The van der Waals surface area contributed by atoms with Gasteiger partial charge in [0.15, 0.2) is 5.65 Å². The lowest BCUT2D eigenvalue weighted by molar-refractivity contribution is 0.0748. The molecule has 1 amide bonds. The van der Waals surface area contributed by atoms with Gasteiger partial charge < -0.3 is 9.80 Å². The second-order valence-corrected chi connectivity index (χ2v) is 6.70. The molecule has 134 valence electrons. The highest BCUT2D eigenvalue weighted by Crippen LogP contribution is 2.19. The monoisotopic (exact) mass is 351 g/mol. The number of rotatable bonds is 2. The summed E-state index contributed by atoms with van der Waals surface area (Å²) in [6, 6.07) is 9.84. The number of hydrogen-bond acceptors (Lipinski definition) is 4. The molecule has 1 aliphatic rings. The van der Waals surface area contributed by atoms with Crippen molar-refractivity contribution in [3.63, 3.8) is 0 Å². The van der Waals surface area contributed by atoms with E-state index >= 15 is 0 Å². The molecule has 1 N–H and O–H groups in total. The van der Waals surface area contributed by atoms with Crippen LogP contribution in [0.5, 0.6) is 0 Å². The number of anilines is 1. The van der Waals surface area contributed by atoms with E-state index in [0.29, 0.717) is 30.0 Å². The molecule has 4 rings (SSSR count). The van der Waals surface area contributed by atoms with Gasteiger partial charge in [-0.15, -0.1) is 0 Å². The van der Waals surface area contributed by atoms with Crippen molar-refractivity contribution < 1.29 is 4.79 Å². The quantitative estimate of drug-likeness (QED) is 0.761. The number of benzene rings is 1. The van der Waals surface area contributed by atoms with Crippen LogP contribution in [0.1, 0.15) is 21.6 Å². The van der Waals surface area contributed by atoms with Crippen molar-refractivity contribution in [2.24, 2.45) is 0 Å². The summed E-state index contributed by atoms with van der Waals surface area (Å²) in [4.78, 5) is 33.4. The van der Waals surface area contributed by atoms with Crippen LogP contribution in [-0.2, 0) is 0 Å². The van der Waals surface area contributed by atoms with Crippen LogP contribution < -0.4 is 10.5 Å². The van der Waals surface area contributed by atoms with Gasteiger partial charge in [-0.05, 0) is 31.5 Å². The minimum atomic E-state index is -0.212. The third-order valence-corrected chi connectivity index (χ3v) is 4.79. The summed E-state index contributed by atoms with van der Waals surface area (Å²) in [6.45, 7) is 6.68. The molecular formula is C19H21N5O2. The Morgan fingerprint density at radius 1 is 1.12 bits per heavy atom. The fourth-order valence-corrected chi connectivity index (χ4v) is 3.42. The first kappa shape index (κ1) is 16.4. The molecule has 0 aliphatic carbocycles. The highest BCUT2D eigenvalue weighted by atomic mass is 16.2. The molecule has 0 unspecified atom stereocenters. The van der Waals surface area contributed by atoms with Gasteiger partial charge in [-0.1, -0.05) is 12.1 Å². The van der Waals surface area contributed by atoms with Gasteiger partial charge in [-0.2, -0.15) is 0 Å². The van der Waals surface area contributed by atoms with Crippen LogP contribution in [-0.4, -0.2) is 51.6 Å². The third kappa shape index (κ3) is 2.85. The molecule has 1 aliphatic heterocycles. The minimum absolute atomic E-state index is 0.0925. The van der Waals surface area contributed by atoms with Crippen molar-refractivity contribution in [3.05, 3.63) is 63.7 Å². The van der Waals surface area contributed by atoms with E-state index in [-0.39, 0.29) is 11.5 Å². The van der Waals surface area contributed by atoms with E-state index in [2.05, 4.69) is 46.2 Å². The van der Waals surface area contributed by atoms with E-state index in [0.717, 1.165) is 13.1 Å². The molecule has 7 heteroatoms. The Kier molecular flexibility index (Phi) is 3.99. The van der Waals surface area contributed by atoms with Gasteiger partial charge in [-0.25, -0.2) is 9.50 Å². The van der Waals surface area contributed by atoms with Crippen molar-refractivity contribution in [2.45, 2.75) is 13.8 Å².